The normalized spacial score (nSPS) is 12.9. The molecule has 0 saturated heterocycles. The van der Waals surface area contributed by atoms with E-state index >= 15 is 4.57 Å². The van der Waals surface area contributed by atoms with Gasteiger partial charge in [-0.1, -0.05) is 111 Å². The SMILES string of the molecule is CCCC[C@H]([C@@H](OC(=O)c1ccccc1)c1ccc(OC)cc1)P(=O)(c1ccccc1)c1ccccc1. The van der Waals surface area contributed by atoms with Crippen LogP contribution in [0.5, 0.6) is 5.75 Å². The Morgan fingerprint density at radius 1 is 0.757 bits per heavy atom. The van der Waals surface area contributed by atoms with Gasteiger partial charge in [-0.3, -0.25) is 0 Å². The van der Waals surface area contributed by atoms with Gasteiger partial charge in [0.15, 0.2) is 0 Å². The lowest BCUT2D eigenvalue weighted by molar-refractivity contribution is 0.0279. The summed E-state index contributed by atoms with van der Waals surface area (Å²) >= 11 is 0. The average molecular weight is 513 g/mol. The first-order valence-corrected chi connectivity index (χ1v) is 14.5. The summed E-state index contributed by atoms with van der Waals surface area (Å²) in [5, 5.41) is 1.52. The highest BCUT2D eigenvalue weighted by Crippen LogP contribution is 2.56. The van der Waals surface area contributed by atoms with Crippen molar-refractivity contribution in [2.24, 2.45) is 0 Å². The number of carbonyl (C=O) groups excluding carboxylic acids is 1. The van der Waals surface area contributed by atoms with Gasteiger partial charge in [-0.05, 0) is 36.2 Å². The standard InChI is InChI=1S/C32H33O4P/c1-3-4-20-30(37(34,28-16-10-6-11-17-28)29-18-12-7-13-19-29)31(25-21-23-27(35-2)24-22-25)36-32(33)26-14-8-5-9-15-26/h5-19,21-24,30-31H,3-4,20H2,1-2H3/t30-,31+/m1/s1. The molecule has 4 aromatic carbocycles. The van der Waals surface area contributed by atoms with Crippen molar-refractivity contribution in [3.8, 4) is 5.75 Å². The molecule has 2 atom stereocenters. The summed E-state index contributed by atoms with van der Waals surface area (Å²) in [6.07, 6.45) is 1.69. The van der Waals surface area contributed by atoms with Crippen LogP contribution in [-0.4, -0.2) is 18.7 Å². The van der Waals surface area contributed by atoms with Gasteiger partial charge in [0.2, 0.25) is 0 Å². The summed E-state index contributed by atoms with van der Waals surface area (Å²) in [7, 11) is -1.64. The number of unbranched alkanes of at least 4 members (excludes halogenated alkanes) is 1. The molecule has 37 heavy (non-hydrogen) atoms. The molecule has 190 valence electrons. The lowest BCUT2D eigenvalue weighted by Crippen LogP contribution is -2.33. The van der Waals surface area contributed by atoms with Crippen molar-refractivity contribution in [1.29, 1.82) is 0 Å². The molecule has 0 unspecified atom stereocenters. The topological polar surface area (TPSA) is 52.6 Å². The number of rotatable bonds is 11. The van der Waals surface area contributed by atoms with Crippen molar-refractivity contribution in [2.45, 2.75) is 37.9 Å². The zero-order valence-electron chi connectivity index (χ0n) is 21.3. The lowest BCUT2D eigenvalue weighted by atomic mass is 10.0. The molecule has 0 saturated carbocycles. The minimum absolute atomic E-state index is 0.435. The maximum atomic E-state index is 15.5. The first-order chi connectivity index (χ1) is 18.1. The Balaban J connectivity index is 1.89. The molecule has 0 aliphatic heterocycles. The number of hydrogen-bond donors (Lipinski definition) is 0. The molecule has 0 radical (unpaired) electrons. The number of carbonyl (C=O) groups is 1. The summed E-state index contributed by atoms with van der Waals surface area (Å²) < 4.78 is 27.1. The molecule has 0 aliphatic rings. The van der Waals surface area contributed by atoms with Crippen molar-refractivity contribution in [2.75, 3.05) is 7.11 Å². The van der Waals surface area contributed by atoms with Crippen LogP contribution in [0.4, 0.5) is 0 Å². The molecular formula is C32H33O4P. The molecule has 0 spiro atoms. The molecule has 0 fully saturated rings. The third-order valence-corrected chi connectivity index (χ3v) is 10.2. The van der Waals surface area contributed by atoms with Crippen LogP contribution in [0.3, 0.4) is 0 Å². The summed E-state index contributed by atoms with van der Waals surface area (Å²) in [5.74, 6) is 0.270. The molecule has 0 amide bonds. The number of hydrogen-bond acceptors (Lipinski definition) is 4. The maximum absolute atomic E-state index is 15.5. The highest BCUT2D eigenvalue weighted by molar-refractivity contribution is 7.79. The predicted molar refractivity (Wildman–Crippen MR) is 151 cm³/mol. The van der Waals surface area contributed by atoms with Gasteiger partial charge in [0, 0.05) is 10.6 Å². The second kappa shape index (κ2) is 12.6. The van der Waals surface area contributed by atoms with Crippen LogP contribution in [0, 0.1) is 0 Å². The molecular weight excluding hydrogens is 479 g/mol. The predicted octanol–water partition coefficient (Wildman–Crippen LogP) is 7.17. The van der Waals surface area contributed by atoms with Crippen molar-refractivity contribution >= 4 is 23.7 Å². The van der Waals surface area contributed by atoms with Gasteiger partial charge in [-0.15, -0.1) is 0 Å². The largest absolute Gasteiger partial charge is 0.497 e. The van der Waals surface area contributed by atoms with Crippen LogP contribution >= 0.6 is 7.14 Å². The van der Waals surface area contributed by atoms with Gasteiger partial charge in [0.25, 0.3) is 0 Å². The van der Waals surface area contributed by atoms with E-state index in [1.807, 2.05) is 103 Å². The monoisotopic (exact) mass is 512 g/mol. The van der Waals surface area contributed by atoms with Gasteiger partial charge >= 0.3 is 5.97 Å². The Morgan fingerprint density at radius 2 is 1.27 bits per heavy atom. The van der Waals surface area contributed by atoms with Crippen LogP contribution in [0.1, 0.15) is 48.2 Å². The molecule has 5 heteroatoms. The van der Waals surface area contributed by atoms with Crippen LogP contribution in [0.2, 0.25) is 0 Å². The minimum Gasteiger partial charge on any atom is -0.497 e. The molecule has 0 bridgehead atoms. The molecule has 0 heterocycles. The first kappa shape index (κ1) is 26.4. The van der Waals surface area contributed by atoms with E-state index in [9.17, 15) is 4.79 Å². The van der Waals surface area contributed by atoms with E-state index in [1.165, 1.54) is 0 Å². The highest BCUT2D eigenvalue weighted by atomic mass is 31.2. The Morgan fingerprint density at radius 3 is 1.76 bits per heavy atom. The third-order valence-electron chi connectivity index (χ3n) is 6.64. The number of esters is 1. The maximum Gasteiger partial charge on any atom is 0.338 e. The third kappa shape index (κ3) is 6.03. The summed E-state index contributed by atoms with van der Waals surface area (Å²) in [6.45, 7) is 2.12. The van der Waals surface area contributed by atoms with Crippen LogP contribution < -0.4 is 15.3 Å². The summed E-state index contributed by atoms with van der Waals surface area (Å²) in [4.78, 5) is 13.4. The van der Waals surface area contributed by atoms with E-state index in [1.54, 1.807) is 19.2 Å². The second-order valence-corrected chi connectivity index (χ2v) is 12.0. The van der Waals surface area contributed by atoms with Gasteiger partial charge in [-0.2, -0.15) is 0 Å². The van der Waals surface area contributed by atoms with E-state index in [0.717, 1.165) is 29.0 Å². The Kier molecular flexibility index (Phi) is 8.98. The molecule has 4 aromatic rings. The Hall–Kier alpha value is -3.62. The fourth-order valence-corrected chi connectivity index (χ4v) is 8.14. The fourth-order valence-electron chi connectivity index (χ4n) is 4.69. The number of methoxy groups -OCH3 is 1. The molecule has 4 nitrogen and oxygen atoms in total. The Bertz CT molecular complexity index is 1260. The number of ether oxygens (including phenoxy) is 2. The van der Waals surface area contributed by atoms with Crippen LogP contribution in [-0.2, 0) is 9.30 Å². The first-order valence-electron chi connectivity index (χ1n) is 12.7. The van der Waals surface area contributed by atoms with Gasteiger partial charge < -0.3 is 14.0 Å². The molecule has 0 N–H and O–H groups in total. The van der Waals surface area contributed by atoms with Crippen molar-refractivity contribution in [1.82, 2.24) is 0 Å². The average Bonchev–Trinajstić information content (AvgIpc) is 2.97. The highest BCUT2D eigenvalue weighted by Gasteiger charge is 2.43. The lowest BCUT2D eigenvalue weighted by Gasteiger charge is -2.35. The zero-order chi connectivity index (χ0) is 26.1. The second-order valence-electron chi connectivity index (χ2n) is 9.00. The van der Waals surface area contributed by atoms with Gasteiger partial charge in [0.05, 0.1) is 18.3 Å². The number of benzene rings is 4. The molecule has 4 rings (SSSR count). The van der Waals surface area contributed by atoms with Gasteiger partial charge in [-0.25, -0.2) is 4.79 Å². The van der Waals surface area contributed by atoms with Crippen LogP contribution in [0.25, 0.3) is 0 Å². The Labute approximate surface area is 219 Å². The molecule has 0 aromatic heterocycles. The van der Waals surface area contributed by atoms with E-state index < -0.39 is 24.9 Å². The van der Waals surface area contributed by atoms with Crippen molar-refractivity contribution in [3.05, 3.63) is 126 Å². The van der Waals surface area contributed by atoms with E-state index in [-0.39, 0.29) is 0 Å². The van der Waals surface area contributed by atoms with Crippen molar-refractivity contribution in [3.63, 3.8) is 0 Å². The fraction of sp³-hybridized carbons (Fsp3) is 0.219. The smallest absolute Gasteiger partial charge is 0.338 e. The van der Waals surface area contributed by atoms with E-state index in [2.05, 4.69) is 6.92 Å². The van der Waals surface area contributed by atoms with E-state index in [0.29, 0.717) is 17.7 Å². The van der Waals surface area contributed by atoms with Gasteiger partial charge in [0.1, 0.15) is 19.0 Å². The van der Waals surface area contributed by atoms with E-state index in [4.69, 9.17) is 9.47 Å². The van der Waals surface area contributed by atoms with Crippen LogP contribution in [0.15, 0.2) is 115 Å². The zero-order valence-corrected chi connectivity index (χ0v) is 22.2. The quantitative estimate of drug-likeness (QED) is 0.158. The molecule has 0 aliphatic carbocycles. The summed E-state index contributed by atoms with van der Waals surface area (Å²) in [6, 6.07) is 35.7. The van der Waals surface area contributed by atoms with Crippen molar-refractivity contribution < 1.29 is 18.8 Å². The minimum atomic E-state index is -3.26. The summed E-state index contributed by atoms with van der Waals surface area (Å²) in [5.41, 5.74) is 0.793.